The Morgan fingerprint density at radius 1 is 0.714 bits per heavy atom. The van der Waals surface area contributed by atoms with Crippen LogP contribution in [0.5, 0.6) is 0 Å². The van der Waals surface area contributed by atoms with Crippen molar-refractivity contribution in [2.24, 2.45) is 0 Å². The predicted octanol–water partition coefficient (Wildman–Crippen LogP) is 3.97. The molecular formula is C14H28CuN2S4. The van der Waals surface area contributed by atoms with Crippen LogP contribution in [0.4, 0.5) is 0 Å². The number of rotatable bonds is 10. The van der Waals surface area contributed by atoms with Crippen molar-refractivity contribution in [3.05, 3.63) is 0 Å². The molecule has 0 spiro atoms. The van der Waals surface area contributed by atoms with Gasteiger partial charge in [0.05, 0.1) is 0 Å². The molecule has 2 nitrogen and oxygen atoms in total. The molecule has 2 N–H and O–H groups in total. The number of hydrogen-bond acceptors (Lipinski definition) is 4. The number of thiocarbonyl (C=S) groups is 2. The zero-order valence-corrected chi connectivity index (χ0v) is 17.2. The van der Waals surface area contributed by atoms with Gasteiger partial charge >= 0.3 is 17.1 Å². The summed E-state index contributed by atoms with van der Waals surface area (Å²) in [5.41, 5.74) is 0. The maximum absolute atomic E-state index is 4.68. The molecule has 0 rings (SSSR count). The molecule has 0 saturated carbocycles. The van der Waals surface area contributed by atoms with E-state index in [1.54, 1.807) is 0 Å². The van der Waals surface area contributed by atoms with Crippen molar-refractivity contribution in [1.82, 2.24) is 10.6 Å². The van der Waals surface area contributed by atoms with E-state index in [4.69, 9.17) is 0 Å². The molecule has 0 amide bonds. The van der Waals surface area contributed by atoms with Crippen molar-refractivity contribution in [1.29, 1.82) is 0 Å². The monoisotopic (exact) mass is 415 g/mol. The van der Waals surface area contributed by atoms with E-state index in [1.807, 2.05) is 0 Å². The first-order valence-corrected chi connectivity index (χ1v) is 9.07. The van der Waals surface area contributed by atoms with Crippen LogP contribution in [0.25, 0.3) is 0 Å². The van der Waals surface area contributed by atoms with E-state index < -0.39 is 0 Å². The van der Waals surface area contributed by atoms with Crippen LogP contribution < -0.4 is 10.6 Å². The summed E-state index contributed by atoms with van der Waals surface area (Å²) in [7, 11) is 0. The summed E-state index contributed by atoms with van der Waals surface area (Å²) in [6, 6.07) is 0. The van der Waals surface area contributed by atoms with E-state index in [0.717, 1.165) is 13.1 Å². The van der Waals surface area contributed by atoms with E-state index in [1.165, 1.54) is 51.4 Å². The minimum atomic E-state index is 0. The van der Waals surface area contributed by atoms with Crippen LogP contribution in [-0.2, 0) is 42.3 Å². The van der Waals surface area contributed by atoms with Crippen molar-refractivity contribution in [2.45, 2.75) is 65.2 Å². The van der Waals surface area contributed by atoms with Gasteiger partial charge in [0.1, 0.15) is 0 Å². The van der Waals surface area contributed by atoms with Crippen LogP contribution in [0.3, 0.4) is 0 Å². The molecule has 1 radical (unpaired) electrons. The number of unbranched alkanes of at least 4 members (excludes halogenated alkanes) is 6. The molecule has 0 atom stereocenters. The summed E-state index contributed by atoms with van der Waals surface area (Å²) in [5.74, 6) is 0. The van der Waals surface area contributed by atoms with Gasteiger partial charge < -0.3 is 60.3 Å². The van der Waals surface area contributed by atoms with Crippen molar-refractivity contribution in [3.63, 3.8) is 0 Å². The minimum absolute atomic E-state index is 0. The molecule has 129 valence electrons. The minimum Gasteiger partial charge on any atom is -0.412 e. The summed E-state index contributed by atoms with van der Waals surface area (Å²) in [6.45, 7) is 6.29. The van der Waals surface area contributed by atoms with E-state index in [2.05, 4.69) is 74.2 Å². The molecule has 7 heteroatoms. The van der Waals surface area contributed by atoms with Gasteiger partial charge in [-0.05, 0) is 12.8 Å². The Morgan fingerprint density at radius 2 is 1.05 bits per heavy atom. The number of hydrogen-bond donors (Lipinski definition) is 2. The Morgan fingerprint density at radius 3 is 1.29 bits per heavy atom. The van der Waals surface area contributed by atoms with Crippen LogP contribution >= 0.6 is 24.4 Å². The molecule has 0 aliphatic rings. The Kier molecular flexibility index (Phi) is 29.2. The molecular weight excluding hydrogens is 388 g/mol. The molecule has 0 aliphatic carbocycles. The van der Waals surface area contributed by atoms with Crippen LogP contribution in [0.2, 0.25) is 0 Å². The second-order valence-corrected chi connectivity index (χ2v) is 6.70. The smallest absolute Gasteiger partial charge is 0.412 e. The third-order valence-electron chi connectivity index (χ3n) is 2.60. The Bertz CT molecular complexity index is 217. The van der Waals surface area contributed by atoms with Gasteiger partial charge in [-0.1, -0.05) is 61.0 Å². The van der Waals surface area contributed by atoms with Gasteiger partial charge in [-0.15, -0.1) is 0 Å². The van der Waals surface area contributed by atoms with Crippen molar-refractivity contribution >= 4 is 58.3 Å². The zero-order chi connectivity index (χ0) is 15.6. The summed E-state index contributed by atoms with van der Waals surface area (Å²) in [5, 5.41) is 5.90. The van der Waals surface area contributed by atoms with E-state index in [-0.39, 0.29) is 17.1 Å². The van der Waals surface area contributed by atoms with Crippen LogP contribution in [0.1, 0.15) is 65.2 Å². The summed E-state index contributed by atoms with van der Waals surface area (Å²) in [6.07, 6.45) is 10.1. The quantitative estimate of drug-likeness (QED) is 0.242. The second kappa shape index (κ2) is 23.0. The fraction of sp³-hybridized carbons (Fsp3) is 0.857. The molecule has 0 aromatic carbocycles. The predicted molar refractivity (Wildman–Crippen MR) is 104 cm³/mol. The van der Waals surface area contributed by atoms with Gasteiger partial charge in [0.2, 0.25) is 0 Å². The first kappa shape index (κ1) is 26.6. The topological polar surface area (TPSA) is 24.1 Å². The zero-order valence-electron chi connectivity index (χ0n) is 13.0. The first-order valence-electron chi connectivity index (χ1n) is 7.44. The van der Waals surface area contributed by atoms with Crippen LogP contribution in [0.15, 0.2) is 0 Å². The SMILES string of the molecule is CCCCCCNC(=S)[S-].CCCCCCNC(=S)[S-].[Cu+2]. The molecule has 0 aromatic heterocycles. The van der Waals surface area contributed by atoms with Gasteiger partial charge in [-0.25, -0.2) is 0 Å². The van der Waals surface area contributed by atoms with Crippen LogP contribution in [-0.4, -0.2) is 21.7 Å². The Labute approximate surface area is 163 Å². The second-order valence-electron chi connectivity index (χ2n) is 4.55. The fourth-order valence-corrected chi connectivity index (χ4v) is 1.89. The Balaban J connectivity index is -0.000000295. The molecule has 0 bridgehead atoms. The van der Waals surface area contributed by atoms with Crippen molar-refractivity contribution in [2.75, 3.05) is 13.1 Å². The number of nitrogens with one attached hydrogen (secondary N) is 2. The van der Waals surface area contributed by atoms with Gasteiger partial charge in [0.15, 0.2) is 0 Å². The molecule has 21 heavy (non-hydrogen) atoms. The van der Waals surface area contributed by atoms with E-state index in [9.17, 15) is 0 Å². The first-order chi connectivity index (χ1) is 9.54. The largest absolute Gasteiger partial charge is 2.00 e. The maximum atomic E-state index is 4.68. The van der Waals surface area contributed by atoms with E-state index >= 15 is 0 Å². The van der Waals surface area contributed by atoms with Gasteiger partial charge in [-0.3, -0.25) is 0 Å². The molecule has 0 fully saturated rings. The Hall–Kier alpha value is 0.739. The average Bonchev–Trinajstić information content (AvgIpc) is 2.38. The normalized spacial score (nSPS) is 8.86. The third-order valence-corrected chi connectivity index (χ3v) is 3.18. The standard InChI is InChI=1S/2C7H15NS2.Cu/c2*1-2-3-4-5-6-8-7(9)10;/h2*2-6H2,1H3,(H2,8,9,10);/q;;+2/p-2. The molecule has 0 aliphatic heterocycles. The van der Waals surface area contributed by atoms with E-state index in [0.29, 0.717) is 8.64 Å². The molecule has 0 heterocycles. The fourth-order valence-electron chi connectivity index (χ4n) is 1.48. The van der Waals surface area contributed by atoms with Crippen molar-refractivity contribution in [3.8, 4) is 0 Å². The summed E-state index contributed by atoms with van der Waals surface area (Å²) in [4.78, 5) is 0. The van der Waals surface area contributed by atoms with Crippen LogP contribution in [0, 0.1) is 0 Å². The average molecular weight is 416 g/mol. The van der Waals surface area contributed by atoms with Crippen molar-refractivity contribution < 1.29 is 17.1 Å². The maximum Gasteiger partial charge on any atom is 2.00 e. The summed E-state index contributed by atoms with van der Waals surface area (Å²) >= 11 is 18.7. The van der Waals surface area contributed by atoms with Gasteiger partial charge in [0.25, 0.3) is 0 Å². The molecule has 0 unspecified atom stereocenters. The van der Waals surface area contributed by atoms with Gasteiger partial charge in [-0.2, -0.15) is 0 Å². The molecule has 0 aromatic rings. The third kappa shape index (κ3) is 33.5. The summed E-state index contributed by atoms with van der Waals surface area (Å²) < 4.78 is 0.994. The van der Waals surface area contributed by atoms with Gasteiger partial charge in [0, 0.05) is 13.1 Å². The molecule has 0 saturated heterocycles.